The van der Waals surface area contributed by atoms with Crippen LogP contribution in [0, 0.1) is 0 Å². The number of aromatic nitrogens is 3. The van der Waals surface area contributed by atoms with E-state index in [-0.39, 0.29) is 4.90 Å². The summed E-state index contributed by atoms with van der Waals surface area (Å²) >= 11 is 0. The van der Waals surface area contributed by atoms with Gasteiger partial charge in [0.15, 0.2) is 0 Å². The predicted octanol–water partition coefficient (Wildman–Crippen LogP) is 1.39. The lowest BCUT2D eigenvalue weighted by atomic mass is 10.2. The molecule has 9 nitrogen and oxygen atoms in total. The van der Waals surface area contributed by atoms with Crippen molar-refractivity contribution >= 4 is 33.0 Å². The highest BCUT2D eigenvalue weighted by Crippen LogP contribution is 2.19. The molecule has 3 aromatic rings. The molecular formula is C16H15N3O6S. The second-order valence-corrected chi connectivity index (χ2v) is 6.80. The first-order valence-corrected chi connectivity index (χ1v) is 8.82. The average Bonchev–Trinajstić information content (AvgIpc) is 3.07. The second-order valence-electron chi connectivity index (χ2n) is 5.03. The highest BCUT2D eigenvalue weighted by Gasteiger charge is 2.20. The van der Waals surface area contributed by atoms with Crippen LogP contribution in [0.2, 0.25) is 0 Å². The van der Waals surface area contributed by atoms with Crippen LogP contribution in [0.5, 0.6) is 0 Å². The normalized spacial score (nSPS) is 10.8. The maximum absolute atomic E-state index is 12.6. The molecule has 136 valence electrons. The Morgan fingerprint density at radius 1 is 1.00 bits per heavy atom. The van der Waals surface area contributed by atoms with Crippen LogP contribution in [0.3, 0.4) is 0 Å². The van der Waals surface area contributed by atoms with E-state index in [9.17, 15) is 8.42 Å². The number of rotatable bonds is 3. The Morgan fingerprint density at radius 3 is 2.12 bits per heavy atom. The Hall–Kier alpha value is -3.27. The minimum Gasteiger partial charge on any atom is -0.473 e. The van der Waals surface area contributed by atoms with Crippen LogP contribution in [0.1, 0.15) is 12.5 Å². The van der Waals surface area contributed by atoms with Gasteiger partial charge in [-0.1, -0.05) is 36.4 Å². The summed E-state index contributed by atoms with van der Waals surface area (Å²) in [5, 5.41) is 22.4. The number of para-hydroxylation sites is 1. The van der Waals surface area contributed by atoms with Crippen LogP contribution in [0.4, 0.5) is 0 Å². The van der Waals surface area contributed by atoms with Crippen molar-refractivity contribution < 1.29 is 28.2 Å². The van der Waals surface area contributed by atoms with Crippen molar-refractivity contribution in [3.8, 4) is 0 Å². The largest absolute Gasteiger partial charge is 0.473 e. The summed E-state index contributed by atoms with van der Waals surface area (Å²) in [5.41, 5.74) is 2.13. The van der Waals surface area contributed by atoms with E-state index in [1.165, 1.54) is 0 Å². The maximum atomic E-state index is 12.6. The minimum atomic E-state index is -3.70. The van der Waals surface area contributed by atoms with Crippen molar-refractivity contribution in [2.45, 2.75) is 18.2 Å². The van der Waals surface area contributed by atoms with Crippen molar-refractivity contribution in [2.24, 2.45) is 0 Å². The van der Waals surface area contributed by atoms with E-state index in [0.717, 1.165) is 16.1 Å². The Kier molecular flexibility index (Phi) is 5.68. The second kappa shape index (κ2) is 7.74. The monoisotopic (exact) mass is 377 g/mol. The van der Waals surface area contributed by atoms with E-state index < -0.39 is 22.0 Å². The number of fused-ring (bicyclic) bond motifs is 1. The summed E-state index contributed by atoms with van der Waals surface area (Å²) in [5.74, 6) is -3.65. The van der Waals surface area contributed by atoms with Crippen LogP contribution >= 0.6 is 0 Å². The molecule has 0 atom stereocenters. The van der Waals surface area contributed by atoms with Crippen LogP contribution in [-0.4, -0.2) is 45.0 Å². The summed E-state index contributed by atoms with van der Waals surface area (Å²) in [4.78, 5) is 18.4. The summed E-state index contributed by atoms with van der Waals surface area (Å²) in [6.45, 7) is 2.02. The van der Waals surface area contributed by atoms with E-state index in [2.05, 4.69) is 10.3 Å². The zero-order chi connectivity index (χ0) is 19.3. The number of hydrogen-bond acceptors (Lipinski definition) is 6. The minimum absolute atomic E-state index is 0.213. The third-order valence-corrected chi connectivity index (χ3v) is 4.95. The maximum Gasteiger partial charge on any atom is 0.414 e. The molecule has 0 amide bonds. The lowest BCUT2D eigenvalue weighted by molar-refractivity contribution is -0.159. The number of aliphatic carboxylic acids is 2. The number of carboxylic acid groups (broad SMARTS) is 2. The average molecular weight is 377 g/mol. The standard InChI is InChI=1S/C14H13N3O2S.C2H2O4/c1-2-11-7-9-12(10-8-11)20(18,19)17-14-6-4-3-5-13(14)15-16-17;3-1(4)2(5)6/h3-10H,2H2,1H3;(H,3,4)(H,5,6). The van der Waals surface area contributed by atoms with Crippen molar-refractivity contribution in [3.63, 3.8) is 0 Å². The fourth-order valence-electron chi connectivity index (χ4n) is 2.02. The van der Waals surface area contributed by atoms with Gasteiger partial charge in [-0.05, 0) is 36.2 Å². The lowest BCUT2D eigenvalue weighted by Gasteiger charge is -2.05. The van der Waals surface area contributed by atoms with Gasteiger partial charge in [0.05, 0.1) is 4.90 Å². The van der Waals surface area contributed by atoms with Gasteiger partial charge in [0.25, 0.3) is 10.0 Å². The van der Waals surface area contributed by atoms with Gasteiger partial charge >= 0.3 is 11.9 Å². The number of nitrogens with zero attached hydrogens (tertiary/aromatic N) is 3. The van der Waals surface area contributed by atoms with E-state index >= 15 is 0 Å². The molecule has 1 aromatic heterocycles. The Morgan fingerprint density at radius 2 is 1.58 bits per heavy atom. The highest BCUT2D eigenvalue weighted by atomic mass is 32.2. The first-order chi connectivity index (χ1) is 12.3. The number of aryl methyl sites for hydroxylation is 1. The molecule has 3 rings (SSSR count). The number of carboxylic acids is 2. The molecule has 10 heteroatoms. The van der Waals surface area contributed by atoms with Gasteiger partial charge < -0.3 is 10.2 Å². The molecule has 0 spiro atoms. The highest BCUT2D eigenvalue weighted by molar-refractivity contribution is 7.90. The van der Waals surface area contributed by atoms with Crippen LogP contribution in [-0.2, 0) is 26.0 Å². The SMILES string of the molecule is CCc1ccc(S(=O)(=O)n2nnc3ccccc32)cc1.O=C(O)C(=O)O. The zero-order valence-electron chi connectivity index (χ0n) is 13.6. The van der Waals surface area contributed by atoms with Gasteiger partial charge in [0.1, 0.15) is 11.0 Å². The molecule has 0 saturated carbocycles. The molecule has 0 aliphatic carbocycles. The lowest BCUT2D eigenvalue weighted by Crippen LogP contribution is -2.14. The van der Waals surface area contributed by atoms with Crippen molar-refractivity contribution in [1.29, 1.82) is 0 Å². The van der Waals surface area contributed by atoms with Gasteiger partial charge in [-0.2, -0.15) is 8.42 Å². The summed E-state index contributed by atoms with van der Waals surface area (Å²) < 4.78 is 26.1. The molecule has 0 saturated heterocycles. The summed E-state index contributed by atoms with van der Waals surface area (Å²) in [6.07, 6.45) is 0.868. The Balaban J connectivity index is 0.000000352. The number of carbonyl (C=O) groups is 2. The van der Waals surface area contributed by atoms with E-state index in [1.807, 2.05) is 19.1 Å². The molecule has 0 radical (unpaired) electrons. The van der Waals surface area contributed by atoms with Crippen LogP contribution in [0.25, 0.3) is 11.0 Å². The third kappa shape index (κ3) is 4.03. The first kappa shape index (κ1) is 19.1. The smallest absolute Gasteiger partial charge is 0.414 e. The molecule has 2 N–H and O–H groups in total. The van der Waals surface area contributed by atoms with Gasteiger partial charge in [0.2, 0.25) is 0 Å². The zero-order valence-corrected chi connectivity index (χ0v) is 14.4. The van der Waals surface area contributed by atoms with E-state index in [4.69, 9.17) is 19.8 Å². The van der Waals surface area contributed by atoms with Crippen molar-refractivity contribution in [2.75, 3.05) is 0 Å². The molecule has 26 heavy (non-hydrogen) atoms. The molecule has 0 fully saturated rings. The quantitative estimate of drug-likeness (QED) is 0.653. The fraction of sp³-hybridized carbons (Fsp3) is 0.125. The number of benzene rings is 2. The molecular weight excluding hydrogens is 362 g/mol. The molecule has 2 aromatic carbocycles. The Labute approximate surface area is 148 Å². The van der Waals surface area contributed by atoms with E-state index in [0.29, 0.717) is 11.0 Å². The van der Waals surface area contributed by atoms with Gasteiger partial charge in [-0.15, -0.1) is 9.19 Å². The molecule has 0 bridgehead atoms. The summed E-state index contributed by atoms with van der Waals surface area (Å²) in [7, 11) is -3.70. The predicted molar refractivity (Wildman–Crippen MR) is 91.2 cm³/mol. The van der Waals surface area contributed by atoms with Gasteiger partial charge in [-0.3, -0.25) is 0 Å². The van der Waals surface area contributed by atoms with Crippen molar-refractivity contribution in [3.05, 3.63) is 54.1 Å². The summed E-state index contributed by atoms with van der Waals surface area (Å²) in [6, 6.07) is 13.8. The number of hydrogen-bond donors (Lipinski definition) is 2. The van der Waals surface area contributed by atoms with Gasteiger partial charge in [-0.25, -0.2) is 9.59 Å². The van der Waals surface area contributed by atoms with Crippen molar-refractivity contribution in [1.82, 2.24) is 14.4 Å². The molecule has 0 unspecified atom stereocenters. The topological polar surface area (TPSA) is 139 Å². The molecule has 0 aliphatic rings. The van der Waals surface area contributed by atoms with E-state index in [1.54, 1.807) is 36.4 Å². The van der Waals surface area contributed by atoms with Gasteiger partial charge in [0, 0.05) is 0 Å². The third-order valence-electron chi connectivity index (χ3n) is 3.36. The molecule has 0 aliphatic heterocycles. The fourth-order valence-corrected chi connectivity index (χ4v) is 3.25. The van der Waals surface area contributed by atoms with Crippen LogP contribution < -0.4 is 0 Å². The first-order valence-electron chi connectivity index (χ1n) is 7.38. The Bertz CT molecular complexity index is 1030. The van der Waals surface area contributed by atoms with Crippen LogP contribution in [0.15, 0.2) is 53.4 Å². The molecule has 1 heterocycles.